The van der Waals surface area contributed by atoms with E-state index in [1.165, 1.54) is 19.2 Å². The lowest BCUT2D eigenvalue weighted by molar-refractivity contribution is -0.122. The van der Waals surface area contributed by atoms with Gasteiger partial charge < -0.3 is 5.32 Å². The molecule has 3 unspecified atom stereocenters. The zero-order chi connectivity index (χ0) is 18.0. The second kappa shape index (κ2) is 7.71. The van der Waals surface area contributed by atoms with Gasteiger partial charge in [0.25, 0.3) is 0 Å². The zero-order valence-electron chi connectivity index (χ0n) is 14.0. The number of sulfonamides is 1. The molecule has 1 aromatic carbocycles. The van der Waals surface area contributed by atoms with Crippen LogP contribution in [0, 0.1) is 5.92 Å². The normalized spacial score (nSPS) is 26.4. The van der Waals surface area contributed by atoms with E-state index in [0.29, 0.717) is 12.0 Å². The van der Waals surface area contributed by atoms with Crippen molar-refractivity contribution in [3.8, 4) is 0 Å². The van der Waals surface area contributed by atoms with Crippen molar-refractivity contribution in [1.82, 2.24) is 20.5 Å². The minimum absolute atomic E-state index is 0.110. The largest absolute Gasteiger partial charge is 0.352 e. The van der Waals surface area contributed by atoms with Crippen LogP contribution in [0.1, 0.15) is 19.3 Å². The molecule has 1 aromatic rings. The molecule has 0 radical (unpaired) electrons. The zero-order valence-corrected chi connectivity index (χ0v) is 16.4. The molecular weight excluding hydrogens is 408 g/mol. The molecule has 7 nitrogen and oxygen atoms in total. The number of fused-ring (bicyclic) bond motifs is 1. The van der Waals surface area contributed by atoms with E-state index in [4.69, 9.17) is 0 Å². The molecule has 9 heteroatoms. The van der Waals surface area contributed by atoms with Gasteiger partial charge in [-0.3, -0.25) is 15.6 Å². The average molecular weight is 431 g/mol. The number of hydrogen-bond acceptors (Lipinski definition) is 5. The fraction of sp³-hybridized carbons (Fsp3) is 0.562. The first-order valence-electron chi connectivity index (χ1n) is 8.36. The number of hydrogen-bond donors (Lipinski definition) is 3. The number of nitrogens with zero attached hydrogens (tertiary/aromatic N) is 1. The number of halogens is 1. The summed E-state index contributed by atoms with van der Waals surface area (Å²) in [5.74, 6) is 0.258. The molecular formula is C16H23BrN4O3S. The molecule has 1 aliphatic carbocycles. The molecule has 0 aromatic heterocycles. The first kappa shape index (κ1) is 18.8. The van der Waals surface area contributed by atoms with Crippen LogP contribution in [0.15, 0.2) is 33.6 Å². The topological polar surface area (TPSA) is 90.5 Å². The maximum absolute atomic E-state index is 12.5. The third-order valence-electron chi connectivity index (χ3n) is 4.89. The fourth-order valence-electron chi connectivity index (χ4n) is 3.48. The predicted molar refractivity (Wildman–Crippen MR) is 98.2 cm³/mol. The summed E-state index contributed by atoms with van der Waals surface area (Å²) in [4.78, 5) is 12.5. The summed E-state index contributed by atoms with van der Waals surface area (Å²) >= 11 is 3.28. The van der Waals surface area contributed by atoms with E-state index < -0.39 is 10.0 Å². The fourth-order valence-corrected chi connectivity index (χ4v) is 4.87. The Morgan fingerprint density at radius 3 is 2.76 bits per heavy atom. The second-order valence-corrected chi connectivity index (χ2v) is 9.64. The van der Waals surface area contributed by atoms with Crippen molar-refractivity contribution in [3.05, 3.63) is 28.7 Å². The maximum atomic E-state index is 12.5. The first-order chi connectivity index (χ1) is 11.9. The quantitative estimate of drug-likeness (QED) is 0.643. The van der Waals surface area contributed by atoms with Gasteiger partial charge in [-0.1, -0.05) is 15.9 Å². The Morgan fingerprint density at radius 1 is 1.32 bits per heavy atom. The van der Waals surface area contributed by atoms with Gasteiger partial charge >= 0.3 is 0 Å². The molecule has 25 heavy (non-hydrogen) atoms. The molecule has 3 atom stereocenters. The third kappa shape index (κ3) is 4.40. The molecule has 1 amide bonds. The molecule has 1 saturated carbocycles. The highest BCUT2D eigenvalue weighted by atomic mass is 79.9. The predicted octanol–water partition coefficient (Wildman–Crippen LogP) is 0.831. The van der Waals surface area contributed by atoms with Crippen LogP contribution in [0.2, 0.25) is 0 Å². The van der Waals surface area contributed by atoms with Gasteiger partial charge in [0.05, 0.1) is 11.4 Å². The Balaban J connectivity index is 1.56. The van der Waals surface area contributed by atoms with E-state index in [1.807, 2.05) is 0 Å². The van der Waals surface area contributed by atoms with Gasteiger partial charge in [0.2, 0.25) is 15.9 Å². The molecule has 0 bridgehead atoms. The summed E-state index contributed by atoms with van der Waals surface area (Å²) in [6.07, 6.45) is 2.83. The SMILES string of the molecule is CN(CC(=O)NC1CCC2NNCC2C1)S(=O)(=O)c1ccc(Br)cc1. The van der Waals surface area contributed by atoms with E-state index in [0.717, 1.165) is 34.6 Å². The van der Waals surface area contributed by atoms with Gasteiger partial charge in [-0.05, 0) is 49.4 Å². The van der Waals surface area contributed by atoms with Crippen molar-refractivity contribution in [2.45, 2.75) is 36.2 Å². The van der Waals surface area contributed by atoms with Gasteiger partial charge in [0.15, 0.2) is 0 Å². The van der Waals surface area contributed by atoms with E-state index in [2.05, 4.69) is 32.1 Å². The third-order valence-corrected chi connectivity index (χ3v) is 7.23. The number of likely N-dealkylation sites (N-methyl/N-ethyl adjacent to an activating group) is 1. The second-order valence-electron chi connectivity index (χ2n) is 6.68. The number of benzene rings is 1. The van der Waals surface area contributed by atoms with Crippen molar-refractivity contribution in [1.29, 1.82) is 0 Å². The van der Waals surface area contributed by atoms with E-state index in [1.54, 1.807) is 12.1 Å². The van der Waals surface area contributed by atoms with Crippen LogP contribution in [-0.2, 0) is 14.8 Å². The monoisotopic (exact) mass is 430 g/mol. The van der Waals surface area contributed by atoms with Crippen LogP contribution >= 0.6 is 15.9 Å². The number of carbonyl (C=O) groups is 1. The van der Waals surface area contributed by atoms with Crippen LogP contribution in [-0.4, -0.2) is 50.9 Å². The Hall–Kier alpha value is -1.00. The lowest BCUT2D eigenvalue weighted by Gasteiger charge is -2.31. The van der Waals surface area contributed by atoms with E-state index in [-0.39, 0.29) is 23.4 Å². The average Bonchev–Trinajstić information content (AvgIpc) is 3.02. The maximum Gasteiger partial charge on any atom is 0.243 e. The van der Waals surface area contributed by atoms with Crippen LogP contribution in [0.25, 0.3) is 0 Å². The highest BCUT2D eigenvalue weighted by Gasteiger charge is 2.34. The molecule has 138 valence electrons. The van der Waals surface area contributed by atoms with Crippen molar-refractivity contribution in [2.75, 3.05) is 20.1 Å². The smallest absolute Gasteiger partial charge is 0.243 e. The molecule has 0 spiro atoms. The number of hydrazine groups is 1. The Morgan fingerprint density at radius 2 is 2.04 bits per heavy atom. The van der Waals surface area contributed by atoms with E-state index >= 15 is 0 Å². The van der Waals surface area contributed by atoms with Gasteiger partial charge in [0, 0.05) is 30.1 Å². The molecule has 2 aliphatic rings. The van der Waals surface area contributed by atoms with Crippen molar-refractivity contribution >= 4 is 31.9 Å². The number of rotatable bonds is 5. The molecule has 1 aliphatic heterocycles. The summed E-state index contributed by atoms with van der Waals surface area (Å²) in [6.45, 7) is 0.731. The summed E-state index contributed by atoms with van der Waals surface area (Å²) in [5.41, 5.74) is 6.41. The summed E-state index contributed by atoms with van der Waals surface area (Å²) in [7, 11) is -2.24. The number of amides is 1. The van der Waals surface area contributed by atoms with Crippen molar-refractivity contribution in [2.24, 2.45) is 5.92 Å². The standard InChI is InChI=1S/C16H23BrN4O3S/c1-21(25(23,24)14-5-2-12(17)3-6-14)10-16(22)19-13-4-7-15-11(8-13)9-18-20-15/h2-3,5-6,11,13,15,18,20H,4,7-10H2,1H3,(H,19,22). The van der Waals surface area contributed by atoms with E-state index in [9.17, 15) is 13.2 Å². The van der Waals surface area contributed by atoms with Gasteiger partial charge in [-0.2, -0.15) is 4.31 Å². The van der Waals surface area contributed by atoms with Crippen LogP contribution < -0.4 is 16.2 Å². The Labute approximate surface area is 156 Å². The number of nitrogens with one attached hydrogen (secondary N) is 3. The summed E-state index contributed by atoms with van der Waals surface area (Å²) in [5, 5.41) is 2.99. The minimum Gasteiger partial charge on any atom is -0.352 e. The van der Waals surface area contributed by atoms with Crippen molar-refractivity contribution < 1.29 is 13.2 Å². The number of carbonyl (C=O) groups excluding carboxylic acids is 1. The Kier molecular flexibility index (Phi) is 5.79. The highest BCUT2D eigenvalue weighted by molar-refractivity contribution is 9.10. The molecule has 3 N–H and O–H groups in total. The molecule has 3 rings (SSSR count). The lowest BCUT2D eigenvalue weighted by atomic mass is 9.83. The Bertz CT molecular complexity index is 725. The molecule has 1 heterocycles. The van der Waals surface area contributed by atoms with Gasteiger partial charge in [0.1, 0.15) is 0 Å². The van der Waals surface area contributed by atoms with Gasteiger partial charge in [-0.25, -0.2) is 8.42 Å². The van der Waals surface area contributed by atoms with Gasteiger partial charge in [-0.15, -0.1) is 0 Å². The summed E-state index contributed by atoms with van der Waals surface area (Å²) in [6, 6.07) is 6.98. The van der Waals surface area contributed by atoms with Crippen molar-refractivity contribution in [3.63, 3.8) is 0 Å². The van der Waals surface area contributed by atoms with Crippen LogP contribution in [0.4, 0.5) is 0 Å². The van der Waals surface area contributed by atoms with Crippen LogP contribution in [0.5, 0.6) is 0 Å². The summed E-state index contributed by atoms with van der Waals surface area (Å²) < 4.78 is 27.0. The lowest BCUT2D eigenvalue weighted by Crippen LogP contribution is -2.47. The first-order valence-corrected chi connectivity index (χ1v) is 10.6. The molecule has 1 saturated heterocycles. The minimum atomic E-state index is -3.67. The highest BCUT2D eigenvalue weighted by Crippen LogP contribution is 2.26. The van der Waals surface area contributed by atoms with Crippen LogP contribution in [0.3, 0.4) is 0 Å². The molecule has 2 fully saturated rings.